The predicted molar refractivity (Wildman–Crippen MR) is 88.6 cm³/mol. The van der Waals surface area contributed by atoms with E-state index in [1.165, 1.54) is 29.0 Å². The van der Waals surface area contributed by atoms with Crippen LogP contribution in [0.3, 0.4) is 0 Å². The van der Waals surface area contributed by atoms with Crippen molar-refractivity contribution in [3.05, 3.63) is 17.8 Å². The Hall–Kier alpha value is -1.01. The molecule has 0 aliphatic carbocycles. The van der Waals surface area contributed by atoms with Gasteiger partial charge < -0.3 is 25.5 Å². The molecule has 0 spiro atoms. The molecule has 11 heteroatoms. The average molecular weight is 379 g/mol. The molecule has 24 heavy (non-hydrogen) atoms. The molecular formula is C13H19ClN4O5S. The summed E-state index contributed by atoms with van der Waals surface area (Å²) >= 11 is 7.24. The maximum absolute atomic E-state index is 10.5. The molecule has 0 saturated carbocycles. The normalized spacial score (nSPS) is 18.3. The molecule has 0 fully saturated rings. The van der Waals surface area contributed by atoms with Gasteiger partial charge in [-0.15, -0.1) is 11.8 Å². The molecule has 0 amide bonds. The van der Waals surface area contributed by atoms with Crippen molar-refractivity contribution in [1.82, 2.24) is 19.5 Å². The van der Waals surface area contributed by atoms with E-state index in [-0.39, 0.29) is 5.15 Å². The molecule has 2 aromatic heterocycles. The standard InChI is InChI=1S/C13H19ClN4O5S/c1-2-24-13(10(23)9(22)8(21)6(20)3-19)18-5-17-7-11(14)15-4-16-12(7)18/h4-6,8-10,13,19-23H,2-3H2,1H3/t6?,8?,9?,10?,13-/m0/s1. The molecule has 0 aliphatic rings. The fourth-order valence-electron chi connectivity index (χ4n) is 2.23. The van der Waals surface area contributed by atoms with Gasteiger partial charge in [0.15, 0.2) is 10.8 Å². The van der Waals surface area contributed by atoms with E-state index >= 15 is 0 Å². The first-order valence-electron chi connectivity index (χ1n) is 7.20. The summed E-state index contributed by atoms with van der Waals surface area (Å²) in [6.45, 7) is 1.12. The van der Waals surface area contributed by atoms with Crippen LogP contribution in [0.5, 0.6) is 0 Å². The highest BCUT2D eigenvalue weighted by Gasteiger charge is 2.36. The summed E-state index contributed by atoms with van der Waals surface area (Å²) in [7, 11) is 0. The number of fused-ring (bicyclic) bond motifs is 1. The Balaban J connectivity index is 2.35. The zero-order valence-electron chi connectivity index (χ0n) is 12.8. The summed E-state index contributed by atoms with van der Waals surface area (Å²) in [5.41, 5.74) is 0.711. The Kier molecular flexibility index (Phi) is 6.75. The van der Waals surface area contributed by atoms with Gasteiger partial charge in [0.1, 0.15) is 41.6 Å². The highest BCUT2D eigenvalue weighted by Crippen LogP contribution is 2.32. The molecule has 0 saturated heterocycles. The van der Waals surface area contributed by atoms with Crippen LogP contribution in [0.4, 0.5) is 0 Å². The summed E-state index contributed by atoms with van der Waals surface area (Å²) in [4.78, 5) is 12.0. The van der Waals surface area contributed by atoms with Crippen molar-refractivity contribution in [1.29, 1.82) is 0 Å². The molecule has 2 aromatic rings. The highest BCUT2D eigenvalue weighted by atomic mass is 35.5. The summed E-state index contributed by atoms with van der Waals surface area (Å²) < 4.78 is 1.52. The Morgan fingerprint density at radius 1 is 1.12 bits per heavy atom. The molecular weight excluding hydrogens is 360 g/mol. The molecule has 4 unspecified atom stereocenters. The molecule has 9 nitrogen and oxygen atoms in total. The van der Waals surface area contributed by atoms with Crippen molar-refractivity contribution in [2.45, 2.75) is 36.7 Å². The Morgan fingerprint density at radius 2 is 1.83 bits per heavy atom. The number of hydrogen-bond donors (Lipinski definition) is 5. The number of aromatic nitrogens is 4. The lowest BCUT2D eigenvalue weighted by atomic mass is 10.0. The Labute approximate surface area is 147 Å². The molecule has 5 N–H and O–H groups in total. The number of aliphatic hydroxyl groups is 5. The number of aliphatic hydroxyl groups excluding tert-OH is 5. The largest absolute Gasteiger partial charge is 0.394 e. The fourth-order valence-corrected chi connectivity index (χ4v) is 3.42. The molecule has 134 valence electrons. The van der Waals surface area contributed by atoms with Crippen molar-refractivity contribution >= 4 is 34.5 Å². The van der Waals surface area contributed by atoms with Gasteiger partial charge in [-0.1, -0.05) is 18.5 Å². The van der Waals surface area contributed by atoms with Crippen molar-refractivity contribution < 1.29 is 25.5 Å². The monoisotopic (exact) mass is 378 g/mol. The number of hydrogen-bond acceptors (Lipinski definition) is 9. The predicted octanol–water partition coefficient (Wildman–Crippen LogP) is -0.833. The van der Waals surface area contributed by atoms with Gasteiger partial charge in [-0.05, 0) is 5.75 Å². The number of rotatable bonds is 8. The maximum Gasteiger partial charge on any atom is 0.165 e. The van der Waals surface area contributed by atoms with Crippen LogP contribution in [0.1, 0.15) is 12.3 Å². The lowest BCUT2D eigenvalue weighted by Crippen LogP contribution is -2.48. The minimum atomic E-state index is -1.71. The van der Waals surface area contributed by atoms with E-state index in [0.717, 1.165) is 0 Å². The fraction of sp³-hybridized carbons (Fsp3) is 0.615. The van der Waals surface area contributed by atoms with Gasteiger partial charge in [0.2, 0.25) is 0 Å². The summed E-state index contributed by atoms with van der Waals surface area (Å²) in [5.74, 6) is 0.589. The van der Waals surface area contributed by atoms with E-state index in [1.807, 2.05) is 6.92 Å². The first-order chi connectivity index (χ1) is 11.4. The quantitative estimate of drug-likeness (QED) is 0.371. The summed E-state index contributed by atoms with van der Waals surface area (Å²) in [5, 5.41) is 48.2. The minimum Gasteiger partial charge on any atom is -0.394 e. The van der Waals surface area contributed by atoms with Crippen LogP contribution < -0.4 is 0 Å². The van der Waals surface area contributed by atoms with Crippen molar-refractivity contribution in [2.75, 3.05) is 12.4 Å². The topological polar surface area (TPSA) is 145 Å². The van der Waals surface area contributed by atoms with Gasteiger partial charge in [-0.3, -0.25) is 4.57 Å². The summed E-state index contributed by atoms with van der Waals surface area (Å²) in [6.07, 6.45) is -3.77. The molecule has 0 radical (unpaired) electrons. The second kappa shape index (κ2) is 8.39. The molecule has 2 rings (SSSR count). The molecule has 2 heterocycles. The van der Waals surface area contributed by atoms with Crippen molar-refractivity contribution in [3.63, 3.8) is 0 Å². The molecule has 0 aromatic carbocycles. The smallest absolute Gasteiger partial charge is 0.165 e. The average Bonchev–Trinajstić information content (AvgIpc) is 3.02. The van der Waals surface area contributed by atoms with E-state index in [4.69, 9.17) is 16.7 Å². The third kappa shape index (κ3) is 3.80. The lowest BCUT2D eigenvalue weighted by Gasteiger charge is -2.31. The second-order valence-corrected chi connectivity index (χ2v) is 6.81. The van der Waals surface area contributed by atoms with Gasteiger partial charge in [-0.2, -0.15) is 0 Å². The molecule has 5 atom stereocenters. The number of imidazole rings is 1. The van der Waals surface area contributed by atoms with E-state index < -0.39 is 36.4 Å². The van der Waals surface area contributed by atoms with E-state index in [0.29, 0.717) is 16.9 Å². The van der Waals surface area contributed by atoms with Gasteiger partial charge in [0.25, 0.3) is 0 Å². The van der Waals surface area contributed by atoms with Crippen LogP contribution in [0, 0.1) is 0 Å². The number of halogens is 1. The van der Waals surface area contributed by atoms with Crippen LogP contribution in [0.25, 0.3) is 11.2 Å². The Morgan fingerprint density at radius 3 is 2.46 bits per heavy atom. The van der Waals surface area contributed by atoms with Crippen LogP contribution >= 0.6 is 23.4 Å². The Bertz CT molecular complexity index is 675. The van der Waals surface area contributed by atoms with Crippen molar-refractivity contribution in [3.8, 4) is 0 Å². The first-order valence-corrected chi connectivity index (χ1v) is 8.62. The van der Waals surface area contributed by atoms with Crippen LogP contribution in [-0.4, -0.2) is 81.8 Å². The number of nitrogens with zero attached hydrogens (tertiary/aromatic N) is 4. The molecule has 0 bridgehead atoms. The molecule has 0 aliphatic heterocycles. The van der Waals surface area contributed by atoms with E-state index in [2.05, 4.69) is 15.0 Å². The third-order valence-electron chi connectivity index (χ3n) is 3.50. The van der Waals surface area contributed by atoms with Crippen LogP contribution in [-0.2, 0) is 0 Å². The van der Waals surface area contributed by atoms with Gasteiger partial charge in [0, 0.05) is 0 Å². The zero-order valence-corrected chi connectivity index (χ0v) is 14.3. The second-order valence-electron chi connectivity index (χ2n) is 5.06. The van der Waals surface area contributed by atoms with E-state index in [1.54, 1.807) is 0 Å². The van der Waals surface area contributed by atoms with Gasteiger partial charge >= 0.3 is 0 Å². The SMILES string of the molecule is CCS[C@@H](C(O)C(O)C(O)C(O)CO)n1cnc2c(Cl)ncnc21. The minimum absolute atomic E-state index is 0.157. The lowest BCUT2D eigenvalue weighted by molar-refractivity contribution is -0.118. The first kappa shape index (κ1) is 19.3. The van der Waals surface area contributed by atoms with Crippen LogP contribution in [0.15, 0.2) is 12.7 Å². The van der Waals surface area contributed by atoms with Gasteiger partial charge in [-0.25, -0.2) is 15.0 Å². The van der Waals surface area contributed by atoms with Crippen LogP contribution in [0.2, 0.25) is 5.15 Å². The zero-order chi connectivity index (χ0) is 17.9. The third-order valence-corrected chi connectivity index (χ3v) is 4.96. The number of thioether (sulfide) groups is 1. The van der Waals surface area contributed by atoms with Crippen molar-refractivity contribution in [2.24, 2.45) is 0 Å². The van der Waals surface area contributed by atoms with E-state index in [9.17, 15) is 20.4 Å². The maximum atomic E-state index is 10.5. The van der Waals surface area contributed by atoms with Gasteiger partial charge in [0.05, 0.1) is 12.9 Å². The highest BCUT2D eigenvalue weighted by molar-refractivity contribution is 7.99. The summed E-state index contributed by atoms with van der Waals surface area (Å²) in [6, 6.07) is 0.